The van der Waals surface area contributed by atoms with E-state index in [9.17, 15) is 24.5 Å². The minimum atomic E-state index is -1.67. The number of hydrogen-bond donors (Lipinski definition) is 1. The lowest BCUT2D eigenvalue weighted by Gasteiger charge is -2.19. The van der Waals surface area contributed by atoms with E-state index >= 15 is 0 Å². The molecule has 164 valence electrons. The summed E-state index contributed by atoms with van der Waals surface area (Å²) >= 11 is 5.88. The molecule has 0 fully saturated rings. The summed E-state index contributed by atoms with van der Waals surface area (Å²) in [6.07, 6.45) is -1.67. The van der Waals surface area contributed by atoms with Gasteiger partial charge in [0.25, 0.3) is 17.9 Å². The third-order valence-corrected chi connectivity index (χ3v) is 4.26. The zero-order valence-electron chi connectivity index (χ0n) is 16.7. The molecule has 0 saturated carbocycles. The minimum Gasteiger partial charge on any atom is -0.421 e. The molecule has 32 heavy (non-hydrogen) atoms. The van der Waals surface area contributed by atoms with Crippen LogP contribution >= 0.6 is 11.6 Å². The molecule has 0 aliphatic carbocycles. The summed E-state index contributed by atoms with van der Waals surface area (Å²) in [6, 6.07) is 9.72. The molecule has 11 nitrogen and oxygen atoms in total. The Bertz CT molecular complexity index is 1230. The van der Waals surface area contributed by atoms with Crippen molar-refractivity contribution >= 4 is 52.0 Å². The number of carbonyl (C=O) groups is 3. The number of esters is 2. The molecule has 1 amide bonds. The van der Waals surface area contributed by atoms with Crippen LogP contribution in [0.5, 0.6) is 0 Å². The van der Waals surface area contributed by atoms with Crippen molar-refractivity contribution in [3.8, 4) is 0 Å². The third-order valence-electron chi connectivity index (χ3n) is 4.05. The van der Waals surface area contributed by atoms with E-state index in [0.29, 0.717) is 5.39 Å². The van der Waals surface area contributed by atoms with Gasteiger partial charge < -0.3 is 14.8 Å². The van der Waals surface area contributed by atoms with E-state index in [4.69, 9.17) is 21.1 Å². The Morgan fingerprint density at radius 1 is 1.03 bits per heavy atom. The topological polar surface area (TPSA) is 151 Å². The Balaban J connectivity index is 2.01. The second-order valence-corrected chi connectivity index (χ2v) is 6.80. The Morgan fingerprint density at radius 3 is 2.31 bits per heavy atom. The van der Waals surface area contributed by atoms with Crippen LogP contribution in [0.25, 0.3) is 11.0 Å². The number of anilines is 1. The first kappa shape index (κ1) is 22.6. The van der Waals surface area contributed by atoms with Gasteiger partial charge in [-0.2, -0.15) is 0 Å². The highest BCUT2D eigenvalue weighted by atomic mass is 35.5. The van der Waals surface area contributed by atoms with Crippen LogP contribution in [-0.4, -0.2) is 32.7 Å². The van der Waals surface area contributed by atoms with Gasteiger partial charge in [0.1, 0.15) is 11.0 Å². The molecular formula is C20H15ClN4O7. The Kier molecular flexibility index (Phi) is 6.59. The van der Waals surface area contributed by atoms with Crippen molar-refractivity contribution in [2.75, 3.05) is 5.32 Å². The summed E-state index contributed by atoms with van der Waals surface area (Å²) in [7, 11) is 0. The number of pyridine rings is 2. The lowest BCUT2D eigenvalue weighted by molar-refractivity contribution is -0.385. The standard InChI is InChI=1S/C20H15ClN4O7/c1-10(26)31-20(32-11(2)27)15-9-13(25(29)30)5-6-14(15)19(28)24-17-8-4-12-3-7-16(21)22-18(12)23-17/h3-9,20H,1-2H3,(H,22,23,24,28). The normalized spacial score (nSPS) is 10.6. The molecule has 2 aromatic heterocycles. The number of nitrogens with one attached hydrogen (secondary N) is 1. The van der Waals surface area contributed by atoms with E-state index in [1.165, 1.54) is 6.07 Å². The molecule has 0 unspecified atom stereocenters. The van der Waals surface area contributed by atoms with Gasteiger partial charge in [0.05, 0.1) is 16.1 Å². The molecule has 1 N–H and O–H groups in total. The average molecular weight is 459 g/mol. The molecule has 3 aromatic rings. The summed E-state index contributed by atoms with van der Waals surface area (Å²) in [4.78, 5) is 54.7. The monoisotopic (exact) mass is 458 g/mol. The average Bonchev–Trinajstić information content (AvgIpc) is 2.71. The zero-order chi connectivity index (χ0) is 23.4. The maximum atomic E-state index is 12.9. The minimum absolute atomic E-state index is 0.123. The van der Waals surface area contributed by atoms with Crippen LogP contribution in [0.1, 0.15) is 36.1 Å². The highest BCUT2D eigenvalue weighted by Crippen LogP contribution is 2.28. The van der Waals surface area contributed by atoms with Crippen LogP contribution in [0.4, 0.5) is 11.5 Å². The Morgan fingerprint density at radius 2 is 1.69 bits per heavy atom. The number of benzene rings is 1. The van der Waals surface area contributed by atoms with Crippen LogP contribution in [0.15, 0.2) is 42.5 Å². The Labute approximate surface area is 185 Å². The van der Waals surface area contributed by atoms with Crippen molar-refractivity contribution in [3.05, 3.63) is 68.9 Å². The summed E-state index contributed by atoms with van der Waals surface area (Å²) < 4.78 is 9.94. The first-order valence-electron chi connectivity index (χ1n) is 9.01. The lowest BCUT2D eigenvalue weighted by atomic mass is 10.0. The van der Waals surface area contributed by atoms with Crippen molar-refractivity contribution in [1.82, 2.24) is 9.97 Å². The molecule has 0 radical (unpaired) electrons. The predicted octanol–water partition coefficient (Wildman–Crippen LogP) is 3.57. The maximum absolute atomic E-state index is 12.9. The number of rotatable bonds is 6. The van der Waals surface area contributed by atoms with Crippen LogP contribution in [0, 0.1) is 10.1 Å². The van der Waals surface area contributed by atoms with Crippen LogP contribution < -0.4 is 5.32 Å². The highest BCUT2D eigenvalue weighted by molar-refractivity contribution is 6.29. The number of carbonyl (C=O) groups excluding carboxylic acids is 3. The summed E-state index contributed by atoms with van der Waals surface area (Å²) in [6.45, 7) is 2.12. The van der Waals surface area contributed by atoms with Gasteiger partial charge in [-0.05, 0) is 30.3 Å². The molecule has 0 bridgehead atoms. The SMILES string of the molecule is CC(=O)OC(OC(C)=O)c1cc([N+](=O)[O-])ccc1C(=O)Nc1ccc2ccc(Cl)nc2n1. The molecule has 0 aliphatic rings. The van der Waals surface area contributed by atoms with E-state index in [1.54, 1.807) is 18.2 Å². The van der Waals surface area contributed by atoms with E-state index in [0.717, 1.165) is 32.0 Å². The highest BCUT2D eigenvalue weighted by Gasteiger charge is 2.27. The number of nitro groups is 1. The van der Waals surface area contributed by atoms with Gasteiger partial charge in [-0.25, -0.2) is 9.97 Å². The van der Waals surface area contributed by atoms with E-state index < -0.39 is 34.7 Å². The van der Waals surface area contributed by atoms with Gasteiger partial charge in [0.15, 0.2) is 5.65 Å². The summed E-state index contributed by atoms with van der Waals surface area (Å²) in [5, 5.41) is 14.6. The van der Waals surface area contributed by atoms with Gasteiger partial charge >= 0.3 is 11.9 Å². The van der Waals surface area contributed by atoms with Crippen molar-refractivity contribution < 1.29 is 28.8 Å². The van der Waals surface area contributed by atoms with Crippen LogP contribution in [-0.2, 0) is 19.1 Å². The molecule has 12 heteroatoms. The zero-order valence-corrected chi connectivity index (χ0v) is 17.5. The van der Waals surface area contributed by atoms with Gasteiger partial charge in [-0.1, -0.05) is 11.6 Å². The van der Waals surface area contributed by atoms with Crippen LogP contribution in [0.3, 0.4) is 0 Å². The van der Waals surface area contributed by atoms with E-state index in [-0.39, 0.29) is 27.7 Å². The fourth-order valence-corrected chi connectivity index (χ4v) is 2.89. The molecule has 2 heterocycles. The van der Waals surface area contributed by atoms with Crippen LogP contribution in [0.2, 0.25) is 5.15 Å². The number of aromatic nitrogens is 2. The van der Waals surface area contributed by atoms with Crippen molar-refractivity contribution in [3.63, 3.8) is 0 Å². The molecule has 0 aliphatic heterocycles. The van der Waals surface area contributed by atoms with Gasteiger partial charge in [-0.15, -0.1) is 0 Å². The molecular weight excluding hydrogens is 444 g/mol. The van der Waals surface area contributed by atoms with Gasteiger partial charge in [-0.3, -0.25) is 24.5 Å². The number of nitro benzene ring substituents is 1. The quantitative estimate of drug-likeness (QED) is 0.192. The second kappa shape index (κ2) is 9.35. The number of fused-ring (bicyclic) bond motifs is 1. The number of non-ortho nitro benzene ring substituents is 1. The van der Waals surface area contributed by atoms with Gasteiger partial charge in [0, 0.05) is 31.4 Å². The number of nitrogens with zero attached hydrogens (tertiary/aromatic N) is 3. The first-order chi connectivity index (χ1) is 15.1. The predicted molar refractivity (Wildman–Crippen MR) is 112 cm³/mol. The number of ether oxygens (including phenoxy) is 2. The maximum Gasteiger partial charge on any atom is 0.305 e. The van der Waals surface area contributed by atoms with Crippen molar-refractivity contribution in [2.45, 2.75) is 20.1 Å². The summed E-state index contributed by atoms with van der Waals surface area (Å²) in [5.74, 6) is -2.27. The second-order valence-electron chi connectivity index (χ2n) is 6.41. The smallest absolute Gasteiger partial charge is 0.305 e. The van der Waals surface area contributed by atoms with Crippen molar-refractivity contribution in [2.24, 2.45) is 0 Å². The third kappa shape index (κ3) is 5.32. The summed E-state index contributed by atoms with van der Waals surface area (Å²) in [5.41, 5.74) is -0.437. The first-order valence-corrected chi connectivity index (χ1v) is 9.39. The number of amides is 1. The molecule has 0 spiro atoms. The molecule has 0 saturated heterocycles. The molecule has 1 aromatic carbocycles. The molecule has 3 rings (SSSR count). The lowest BCUT2D eigenvalue weighted by Crippen LogP contribution is -2.21. The van der Waals surface area contributed by atoms with E-state index in [2.05, 4.69) is 15.3 Å². The van der Waals surface area contributed by atoms with Crippen molar-refractivity contribution in [1.29, 1.82) is 0 Å². The molecule has 0 atom stereocenters. The fraction of sp³-hybridized carbons (Fsp3) is 0.150. The van der Waals surface area contributed by atoms with Gasteiger partial charge in [0.2, 0.25) is 0 Å². The fourth-order valence-electron chi connectivity index (χ4n) is 2.75. The number of halogens is 1. The number of hydrogen-bond acceptors (Lipinski definition) is 9. The largest absolute Gasteiger partial charge is 0.421 e. The Hall–Kier alpha value is -4.12. The van der Waals surface area contributed by atoms with E-state index in [1.807, 2.05) is 0 Å².